The lowest BCUT2D eigenvalue weighted by Crippen LogP contribution is -2.21. The Hall–Kier alpha value is -1.46. The zero-order valence-electron chi connectivity index (χ0n) is 7.01. The van der Waals surface area contributed by atoms with Gasteiger partial charge >= 0.3 is 0 Å². The van der Waals surface area contributed by atoms with Gasteiger partial charge in [0.1, 0.15) is 0 Å². The highest BCUT2D eigenvalue weighted by molar-refractivity contribution is 5.41. The van der Waals surface area contributed by atoms with Gasteiger partial charge in [-0.3, -0.25) is 10.1 Å². The van der Waals surface area contributed by atoms with Gasteiger partial charge in [0.05, 0.1) is 4.92 Å². The average Bonchev–Trinajstić information content (AvgIpc) is 2.16. The van der Waals surface area contributed by atoms with Gasteiger partial charge in [0.2, 0.25) is 0 Å². The Kier molecular flexibility index (Phi) is 2.94. The Morgan fingerprint density at radius 1 is 1.46 bits per heavy atom. The van der Waals surface area contributed by atoms with Gasteiger partial charge in [-0.05, 0) is 0 Å². The van der Waals surface area contributed by atoms with Gasteiger partial charge < -0.3 is 11.5 Å². The molecule has 1 rings (SSSR count). The number of nitrogens with two attached hydrogens (primary N) is 2. The smallest absolute Gasteiger partial charge is 0.274 e. The summed E-state index contributed by atoms with van der Waals surface area (Å²) in [4.78, 5) is 10.1. The summed E-state index contributed by atoms with van der Waals surface area (Å²) in [5.41, 5.74) is 11.4. The second-order valence-corrected chi connectivity index (χ2v) is 2.66. The Morgan fingerprint density at radius 3 is 2.62 bits per heavy atom. The quantitative estimate of drug-likeness (QED) is 0.525. The van der Waals surface area contributed by atoms with E-state index >= 15 is 0 Å². The molecule has 0 aliphatic rings. The minimum absolute atomic E-state index is 0.0282. The fourth-order valence-electron chi connectivity index (χ4n) is 1.09. The molecule has 0 heterocycles. The summed E-state index contributed by atoms with van der Waals surface area (Å²) in [7, 11) is 0. The SMILES string of the molecule is NCC(N)c1ccccc1[N+](=O)[O-]. The highest BCUT2D eigenvalue weighted by Gasteiger charge is 2.16. The van der Waals surface area contributed by atoms with Gasteiger partial charge in [0, 0.05) is 24.2 Å². The maximum absolute atomic E-state index is 10.6. The molecule has 0 amide bonds. The molecule has 1 unspecified atom stereocenters. The maximum Gasteiger partial charge on any atom is 0.274 e. The highest BCUT2D eigenvalue weighted by Crippen LogP contribution is 2.22. The minimum Gasteiger partial charge on any atom is -0.329 e. The zero-order chi connectivity index (χ0) is 9.84. The number of para-hydroxylation sites is 1. The first-order valence-electron chi connectivity index (χ1n) is 3.85. The first-order valence-corrected chi connectivity index (χ1v) is 3.85. The third kappa shape index (κ3) is 2.01. The lowest BCUT2D eigenvalue weighted by Gasteiger charge is -2.08. The summed E-state index contributed by atoms with van der Waals surface area (Å²) >= 11 is 0. The minimum atomic E-state index is -0.471. The fourth-order valence-corrected chi connectivity index (χ4v) is 1.09. The van der Waals surface area contributed by atoms with E-state index in [1.165, 1.54) is 6.07 Å². The normalized spacial score (nSPS) is 12.5. The van der Waals surface area contributed by atoms with Gasteiger partial charge in [0.25, 0.3) is 5.69 Å². The van der Waals surface area contributed by atoms with Crippen LogP contribution in [0.3, 0.4) is 0 Å². The molecule has 0 aliphatic heterocycles. The molecule has 1 aromatic rings. The van der Waals surface area contributed by atoms with Crippen molar-refractivity contribution in [3.63, 3.8) is 0 Å². The summed E-state index contributed by atoms with van der Waals surface area (Å²) in [5.74, 6) is 0. The predicted molar refractivity (Wildman–Crippen MR) is 49.1 cm³/mol. The Bertz CT molecular complexity index is 314. The van der Waals surface area contributed by atoms with Crippen molar-refractivity contribution in [1.29, 1.82) is 0 Å². The third-order valence-electron chi connectivity index (χ3n) is 1.79. The van der Waals surface area contributed by atoms with Gasteiger partial charge in [-0.2, -0.15) is 0 Å². The summed E-state index contributed by atoms with van der Waals surface area (Å²) < 4.78 is 0. The van der Waals surface area contributed by atoms with Gasteiger partial charge in [-0.25, -0.2) is 0 Å². The van der Waals surface area contributed by atoms with Crippen LogP contribution in [0.1, 0.15) is 11.6 Å². The number of nitrogens with zero attached hydrogens (tertiary/aromatic N) is 1. The van der Waals surface area contributed by atoms with Crippen LogP contribution in [-0.2, 0) is 0 Å². The summed E-state index contributed by atoms with van der Waals surface area (Å²) in [5, 5.41) is 10.6. The summed E-state index contributed by atoms with van der Waals surface area (Å²) in [6, 6.07) is 5.88. The molecule has 0 radical (unpaired) electrons. The van der Waals surface area contributed by atoms with Crippen LogP contribution in [0.25, 0.3) is 0 Å². The van der Waals surface area contributed by atoms with Gasteiger partial charge in [0.15, 0.2) is 0 Å². The predicted octanol–water partition coefficient (Wildman–Crippen LogP) is 0.553. The van der Waals surface area contributed by atoms with E-state index in [-0.39, 0.29) is 12.2 Å². The van der Waals surface area contributed by atoms with Crippen LogP contribution < -0.4 is 11.5 Å². The number of nitro benzene ring substituents is 1. The molecule has 0 aliphatic carbocycles. The van der Waals surface area contributed by atoms with Crippen molar-refractivity contribution in [1.82, 2.24) is 0 Å². The van der Waals surface area contributed by atoms with Crippen molar-refractivity contribution in [3.8, 4) is 0 Å². The summed E-state index contributed by atoms with van der Waals surface area (Å²) in [6.45, 7) is 0.199. The first kappa shape index (κ1) is 9.63. The van der Waals surface area contributed by atoms with Crippen molar-refractivity contribution in [2.45, 2.75) is 6.04 Å². The molecular weight excluding hydrogens is 170 g/mol. The van der Waals surface area contributed by atoms with Gasteiger partial charge in [-0.1, -0.05) is 18.2 Å². The lowest BCUT2D eigenvalue weighted by atomic mass is 10.1. The van der Waals surface area contributed by atoms with E-state index in [4.69, 9.17) is 11.5 Å². The van der Waals surface area contributed by atoms with E-state index in [1.54, 1.807) is 18.2 Å². The monoisotopic (exact) mass is 181 g/mol. The van der Waals surface area contributed by atoms with Crippen LogP contribution in [0.5, 0.6) is 0 Å². The van der Waals surface area contributed by atoms with Crippen LogP contribution in [0.2, 0.25) is 0 Å². The van der Waals surface area contributed by atoms with E-state index in [0.717, 1.165) is 0 Å². The second-order valence-electron chi connectivity index (χ2n) is 2.66. The van der Waals surface area contributed by atoms with Crippen LogP contribution in [0.4, 0.5) is 5.69 Å². The zero-order valence-corrected chi connectivity index (χ0v) is 7.01. The Labute approximate surface area is 75.5 Å². The molecule has 5 heteroatoms. The molecule has 0 fully saturated rings. The lowest BCUT2D eigenvalue weighted by molar-refractivity contribution is -0.385. The van der Waals surface area contributed by atoms with Crippen LogP contribution >= 0.6 is 0 Å². The Morgan fingerprint density at radius 2 is 2.08 bits per heavy atom. The molecule has 0 aromatic heterocycles. The molecule has 1 aromatic carbocycles. The molecule has 0 spiro atoms. The van der Waals surface area contributed by atoms with E-state index in [1.807, 2.05) is 0 Å². The molecule has 5 nitrogen and oxygen atoms in total. The Balaban J connectivity index is 3.11. The fraction of sp³-hybridized carbons (Fsp3) is 0.250. The van der Waals surface area contributed by atoms with Crippen molar-refractivity contribution >= 4 is 5.69 Å². The summed E-state index contributed by atoms with van der Waals surface area (Å²) in [6.07, 6.45) is 0. The molecule has 1 atom stereocenters. The maximum atomic E-state index is 10.6. The first-order chi connectivity index (χ1) is 6.16. The third-order valence-corrected chi connectivity index (χ3v) is 1.79. The molecule has 0 saturated carbocycles. The molecule has 4 N–H and O–H groups in total. The van der Waals surface area contributed by atoms with Gasteiger partial charge in [-0.15, -0.1) is 0 Å². The second kappa shape index (κ2) is 3.97. The number of hydrogen-bond donors (Lipinski definition) is 2. The van der Waals surface area contributed by atoms with Crippen LogP contribution in [-0.4, -0.2) is 11.5 Å². The van der Waals surface area contributed by atoms with Crippen molar-refractivity contribution < 1.29 is 4.92 Å². The van der Waals surface area contributed by atoms with Crippen LogP contribution in [0, 0.1) is 10.1 Å². The van der Waals surface area contributed by atoms with E-state index in [2.05, 4.69) is 0 Å². The average molecular weight is 181 g/mol. The molecule has 0 saturated heterocycles. The van der Waals surface area contributed by atoms with E-state index in [9.17, 15) is 10.1 Å². The van der Waals surface area contributed by atoms with Crippen molar-refractivity contribution in [2.75, 3.05) is 6.54 Å². The number of hydrogen-bond acceptors (Lipinski definition) is 4. The van der Waals surface area contributed by atoms with E-state index in [0.29, 0.717) is 5.56 Å². The molecular formula is C8H11N3O2. The van der Waals surface area contributed by atoms with Crippen molar-refractivity contribution in [2.24, 2.45) is 11.5 Å². The standard InChI is InChI=1S/C8H11N3O2/c9-5-7(10)6-3-1-2-4-8(6)11(12)13/h1-4,7H,5,9-10H2. The topological polar surface area (TPSA) is 95.2 Å². The number of rotatable bonds is 3. The largest absolute Gasteiger partial charge is 0.329 e. The van der Waals surface area contributed by atoms with E-state index < -0.39 is 11.0 Å². The van der Waals surface area contributed by atoms with Crippen molar-refractivity contribution in [3.05, 3.63) is 39.9 Å². The molecule has 0 bridgehead atoms. The number of benzene rings is 1. The number of nitro groups is 1. The highest BCUT2D eigenvalue weighted by atomic mass is 16.6. The molecule has 13 heavy (non-hydrogen) atoms. The molecule has 70 valence electrons. The van der Waals surface area contributed by atoms with Crippen LogP contribution in [0.15, 0.2) is 24.3 Å².